The van der Waals surface area contributed by atoms with Gasteiger partial charge in [0, 0.05) is 13.1 Å². The Morgan fingerprint density at radius 2 is 2.12 bits per heavy atom. The van der Waals surface area contributed by atoms with Gasteiger partial charge in [-0.15, -0.1) is 0 Å². The van der Waals surface area contributed by atoms with Gasteiger partial charge in [0.05, 0.1) is 12.3 Å². The number of hydrogen-bond acceptors (Lipinski definition) is 4. The standard InChI is InChI=1S/C9H19N3O3S/c10-4-1-2-7-16(14,15)12-6-3-5-11-9(13)8-12/h1-8,10H2,(H,11,13). The SMILES string of the molecule is NCCCCS(=O)(=O)N1CCCNC(=O)C1. The van der Waals surface area contributed by atoms with Gasteiger partial charge in [0.25, 0.3) is 0 Å². The van der Waals surface area contributed by atoms with E-state index in [1.165, 1.54) is 4.31 Å². The molecule has 0 aromatic carbocycles. The van der Waals surface area contributed by atoms with E-state index >= 15 is 0 Å². The molecule has 3 N–H and O–H groups in total. The third-order valence-electron chi connectivity index (χ3n) is 2.48. The minimum Gasteiger partial charge on any atom is -0.355 e. The van der Waals surface area contributed by atoms with Crippen molar-refractivity contribution >= 4 is 15.9 Å². The summed E-state index contributed by atoms with van der Waals surface area (Å²) in [6.07, 6.45) is 1.91. The van der Waals surface area contributed by atoms with E-state index in [-0.39, 0.29) is 18.2 Å². The summed E-state index contributed by atoms with van der Waals surface area (Å²) in [5.41, 5.74) is 5.31. The van der Waals surface area contributed by atoms with E-state index in [4.69, 9.17) is 5.73 Å². The normalized spacial score (nSPS) is 19.2. The van der Waals surface area contributed by atoms with Crippen molar-refractivity contribution in [1.82, 2.24) is 9.62 Å². The molecule has 0 unspecified atom stereocenters. The average Bonchev–Trinajstić information content (AvgIpc) is 2.43. The summed E-state index contributed by atoms with van der Waals surface area (Å²) in [5.74, 6) is -0.141. The second-order valence-electron chi connectivity index (χ2n) is 3.85. The lowest BCUT2D eigenvalue weighted by molar-refractivity contribution is -0.120. The molecule has 0 aliphatic carbocycles. The van der Waals surface area contributed by atoms with Crippen molar-refractivity contribution in [2.24, 2.45) is 5.73 Å². The predicted octanol–water partition coefficient (Wildman–Crippen LogP) is -1.12. The maximum Gasteiger partial charge on any atom is 0.235 e. The van der Waals surface area contributed by atoms with Gasteiger partial charge in [-0.05, 0) is 25.8 Å². The predicted molar refractivity (Wildman–Crippen MR) is 61.3 cm³/mol. The Labute approximate surface area is 96.2 Å². The lowest BCUT2D eigenvalue weighted by atomic mass is 10.3. The van der Waals surface area contributed by atoms with Gasteiger partial charge in [-0.1, -0.05) is 0 Å². The van der Waals surface area contributed by atoms with Crippen LogP contribution in [0.2, 0.25) is 0 Å². The second kappa shape index (κ2) is 6.17. The summed E-state index contributed by atoms with van der Waals surface area (Å²) >= 11 is 0. The quantitative estimate of drug-likeness (QED) is 0.603. The Morgan fingerprint density at radius 1 is 1.38 bits per heavy atom. The van der Waals surface area contributed by atoms with Crippen molar-refractivity contribution in [2.45, 2.75) is 19.3 Å². The summed E-state index contributed by atoms with van der Waals surface area (Å²) in [6.45, 7) is 1.41. The van der Waals surface area contributed by atoms with Crippen LogP contribution in [0.3, 0.4) is 0 Å². The van der Waals surface area contributed by atoms with Crippen molar-refractivity contribution in [3.63, 3.8) is 0 Å². The lowest BCUT2D eigenvalue weighted by Crippen LogP contribution is -2.38. The van der Waals surface area contributed by atoms with Crippen LogP contribution in [0.1, 0.15) is 19.3 Å². The molecule has 1 aliphatic heterocycles. The smallest absolute Gasteiger partial charge is 0.235 e. The molecule has 1 fully saturated rings. The number of nitrogens with two attached hydrogens (primary N) is 1. The fourth-order valence-electron chi connectivity index (χ4n) is 1.57. The van der Waals surface area contributed by atoms with Crippen molar-refractivity contribution < 1.29 is 13.2 Å². The molecule has 0 bridgehead atoms. The molecule has 0 spiro atoms. The van der Waals surface area contributed by atoms with E-state index in [0.717, 1.165) is 0 Å². The van der Waals surface area contributed by atoms with Crippen LogP contribution in [-0.4, -0.2) is 50.6 Å². The summed E-state index contributed by atoms with van der Waals surface area (Å²) in [5, 5.41) is 2.65. The maximum absolute atomic E-state index is 11.9. The Kier molecular flexibility index (Phi) is 5.17. The van der Waals surface area contributed by atoms with E-state index < -0.39 is 10.0 Å². The van der Waals surface area contributed by atoms with Gasteiger partial charge in [0.2, 0.25) is 15.9 Å². The highest BCUT2D eigenvalue weighted by molar-refractivity contribution is 7.89. The Bertz CT molecular complexity index is 329. The first-order valence-corrected chi connectivity index (χ1v) is 7.12. The molecule has 0 aromatic rings. The van der Waals surface area contributed by atoms with Gasteiger partial charge in [0.1, 0.15) is 0 Å². The van der Waals surface area contributed by atoms with E-state index in [9.17, 15) is 13.2 Å². The van der Waals surface area contributed by atoms with E-state index in [1.54, 1.807) is 0 Å². The Balaban J connectivity index is 2.55. The number of nitrogens with one attached hydrogen (secondary N) is 1. The summed E-state index contributed by atoms with van der Waals surface area (Å²) in [7, 11) is -3.29. The van der Waals surface area contributed by atoms with Gasteiger partial charge in [0.15, 0.2) is 0 Å². The average molecular weight is 249 g/mol. The molecule has 0 atom stereocenters. The molecule has 0 radical (unpaired) electrons. The van der Waals surface area contributed by atoms with Crippen molar-refractivity contribution in [3.8, 4) is 0 Å². The third-order valence-corrected chi connectivity index (χ3v) is 4.38. The number of nitrogens with zero attached hydrogens (tertiary/aromatic N) is 1. The van der Waals surface area contributed by atoms with Crippen LogP contribution in [0.25, 0.3) is 0 Å². The molecule has 7 heteroatoms. The molecule has 1 heterocycles. The zero-order chi connectivity index (χ0) is 12.0. The highest BCUT2D eigenvalue weighted by atomic mass is 32.2. The fourth-order valence-corrected chi connectivity index (χ4v) is 3.12. The highest BCUT2D eigenvalue weighted by Crippen LogP contribution is 2.07. The number of rotatable bonds is 5. The molecule has 94 valence electrons. The number of carbonyl (C=O) groups is 1. The van der Waals surface area contributed by atoms with Crippen LogP contribution in [0.15, 0.2) is 0 Å². The fraction of sp³-hybridized carbons (Fsp3) is 0.889. The molecular formula is C9H19N3O3S. The molecular weight excluding hydrogens is 230 g/mol. The molecule has 1 saturated heterocycles. The molecule has 1 amide bonds. The topological polar surface area (TPSA) is 92.5 Å². The van der Waals surface area contributed by atoms with E-state index in [0.29, 0.717) is 38.9 Å². The highest BCUT2D eigenvalue weighted by Gasteiger charge is 2.25. The van der Waals surface area contributed by atoms with Crippen LogP contribution in [0, 0.1) is 0 Å². The summed E-state index contributed by atoms with van der Waals surface area (Å²) in [6, 6.07) is 0. The number of carbonyl (C=O) groups excluding carboxylic acids is 1. The van der Waals surface area contributed by atoms with Gasteiger partial charge >= 0.3 is 0 Å². The molecule has 1 rings (SSSR count). The van der Waals surface area contributed by atoms with Gasteiger partial charge in [-0.3, -0.25) is 4.79 Å². The minimum absolute atomic E-state index is 0.0506. The van der Waals surface area contributed by atoms with Crippen LogP contribution in [-0.2, 0) is 14.8 Å². The van der Waals surface area contributed by atoms with Crippen molar-refractivity contribution in [1.29, 1.82) is 0 Å². The van der Waals surface area contributed by atoms with Crippen LogP contribution in [0.5, 0.6) is 0 Å². The number of hydrogen-bond donors (Lipinski definition) is 2. The zero-order valence-corrected chi connectivity index (χ0v) is 10.1. The van der Waals surface area contributed by atoms with E-state index in [1.807, 2.05) is 0 Å². The monoisotopic (exact) mass is 249 g/mol. The van der Waals surface area contributed by atoms with Crippen molar-refractivity contribution in [2.75, 3.05) is 31.9 Å². The first kappa shape index (κ1) is 13.4. The Hall–Kier alpha value is -0.660. The molecule has 6 nitrogen and oxygen atoms in total. The molecule has 0 saturated carbocycles. The largest absolute Gasteiger partial charge is 0.355 e. The first-order chi connectivity index (χ1) is 7.56. The lowest BCUT2D eigenvalue weighted by Gasteiger charge is -2.18. The minimum atomic E-state index is -3.29. The summed E-state index contributed by atoms with van der Waals surface area (Å²) < 4.78 is 25.0. The second-order valence-corrected chi connectivity index (χ2v) is 5.94. The zero-order valence-electron chi connectivity index (χ0n) is 9.31. The number of unbranched alkanes of at least 4 members (excludes halogenated alkanes) is 1. The van der Waals surface area contributed by atoms with Gasteiger partial charge in [-0.25, -0.2) is 8.42 Å². The maximum atomic E-state index is 11.9. The van der Waals surface area contributed by atoms with Gasteiger partial charge in [-0.2, -0.15) is 4.31 Å². The number of amides is 1. The van der Waals surface area contributed by atoms with Crippen LogP contribution >= 0.6 is 0 Å². The molecule has 16 heavy (non-hydrogen) atoms. The Morgan fingerprint density at radius 3 is 2.81 bits per heavy atom. The molecule has 0 aromatic heterocycles. The number of sulfonamides is 1. The van der Waals surface area contributed by atoms with Crippen LogP contribution in [0.4, 0.5) is 0 Å². The first-order valence-electron chi connectivity index (χ1n) is 5.51. The van der Waals surface area contributed by atoms with Crippen molar-refractivity contribution in [3.05, 3.63) is 0 Å². The van der Waals surface area contributed by atoms with E-state index in [2.05, 4.69) is 5.32 Å². The molecule has 1 aliphatic rings. The summed E-state index contributed by atoms with van der Waals surface area (Å²) in [4.78, 5) is 11.2. The van der Waals surface area contributed by atoms with Crippen LogP contribution < -0.4 is 11.1 Å². The third kappa shape index (κ3) is 4.07. The van der Waals surface area contributed by atoms with Gasteiger partial charge < -0.3 is 11.1 Å².